The summed E-state index contributed by atoms with van der Waals surface area (Å²) in [6.45, 7) is 0.202. The number of likely N-dealkylation sites (tertiary alicyclic amines) is 1. The first-order chi connectivity index (χ1) is 18.8. The quantitative estimate of drug-likeness (QED) is 0.333. The minimum atomic E-state index is -1.16. The summed E-state index contributed by atoms with van der Waals surface area (Å²) in [4.78, 5) is 38.3. The van der Waals surface area contributed by atoms with Gasteiger partial charge in [-0.1, -0.05) is 18.2 Å². The Morgan fingerprint density at radius 2 is 1.72 bits per heavy atom. The molecule has 4 aromatic rings. The number of aliphatic hydroxyl groups excluding tert-OH is 1. The Morgan fingerprint density at radius 1 is 0.974 bits per heavy atom. The Morgan fingerprint density at radius 3 is 2.54 bits per heavy atom. The minimum absolute atomic E-state index is 0.0763. The fourth-order valence-corrected chi connectivity index (χ4v) is 6.52. The SMILES string of the molecule is O=C(O)N1CCC(n2c(=O)[nH]c3ncccc32)CC1[C@H]1CC[C@@H](c2cccc(F)c2F)[C@@H](O)c2cccnc21. The molecule has 0 radical (unpaired) electrons. The number of hydrogen-bond donors (Lipinski definition) is 3. The zero-order chi connectivity index (χ0) is 27.3. The lowest BCUT2D eigenvalue weighted by Crippen LogP contribution is -2.49. The van der Waals surface area contributed by atoms with E-state index in [2.05, 4.69) is 15.0 Å². The van der Waals surface area contributed by atoms with E-state index in [1.165, 1.54) is 17.0 Å². The molecule has 1 aliphatic heterocycles. The van der Waals surface area contributed by atoms with Gasteiger partial charge in [-0.25, -0.2) is 23.4 Å². The molecule has 1 aromatic carbocycles. The van der Waals surface area contributed by atoms with E-state index >= 15 is 0 Å². The molecule has 1 fully saturated rings. The molecule has 3 N–H and O–H groups in total. The van der Waals surface area contributed by atoms with Crippen LogP contribution in [0.15, 0.2) is 59.7 Å². The molecular formula is C28H27F2N5O4. The van der Waals surface area contributed by atoms with E-state index in [1.807, 2.05) is 0 Å². The molecule has 0 saturated carbocycles. The molecule has 9 nitrogen and oxygen atoms in total. The summed E-state index contributed by atoms with van der Waals surface area (Å²) in [7, 11) is 0. The first-order valence-corrected chi connectivity index (χ1v) is 13.0. The number of aliphatic hydroxyl groups is 1. The van der Waals surface area contributed by atoms with Gasteiger partial charge in [-0.15, -0.1) is 0 Å². The maximum absolute atomic E-state index is 14.8. The van der Waals surface area contributed by atoms with Gasteiger partial charge in [-0.2, -0.15) is 0 Å². The molecule has 4 heterocycles. The largest absolute Gasteiger partial charge is 0.465 e. The second-order valence-corrected chi connectivity index (χ2v) is 10.2. The molecule has 6 rings (SSSR count). The minimum Gasteiger partial charge on any atom is -0.465 e. The van der Waals surface area contributed by atoms with Gasteiger partial charge in [0, 0.05) is 48.4 Å². The van der Waals surface area contributed by atoms with Crippen LogP contribution in [0, 0.1) is 11.6 Å². The number of aromatic nitrogens is 4. The highest BCUT2D eigenvalue weighted by atomic mass is 19.2. The lowest BCUT2D eigenvalue weighted by atomic mass is 9.82. The Bertz CT molecular complexity index is 1600. The highest BCUT2D eigenvalue weighted by molar-refractivity contribution is 5.70. The summed E-state index contributed by atoms with van der Waals surface area (Å²) < 4.78 is 30.6. The number of imidazole rings is 1. The van der Waals surface area contributed by atoms with Crippen LogP contribution in [0.1, 0.15) is 66.5 Å². The topological polar surface area (TPSA) is 124 Å². The standard InChI is InChI=1S/C28H27F2N5O4/c29-20-6-1-4-16(23(20)30)17-8-9-18(24-19(25(17)36)5-2-11-31-24)22-14-15(10-13-34(22)28(38)39)35-21-7-3-12-32-26(21)33-27(35)37/h1-7,11-12,15,17-18,22,25,36H,8-10,13-14H2,(H,38,39)(H,32,33,37)/t15?,17-,18+,22?,25+/m0/s1. The fourth-order valence-electron chi connectivity index (χ4n) is 6.52. The number of halogens is 2. The number of pyridine rings is 2. The van der Waals surface area contributed by atoms with Gasteiger partial charge in [-0.3, -0.25) is 14.5 Å². The third-order valence-electron chi connectivity index (χ3n) is 8.27. The van der Waals surface area contributed by atoms with E-state index in [-0.39, 0.29) is 30.3 Å². The normalized spacial score (nSPS) is 25.3. The van der Waals surface area contributed by atoms with E-state index in [4.69, 9.17) is 0 Å². The second-order valence-electron chi connectivity index (χ2n) is 10.2. The van der Waals surface area contributed by atoms with Crippen LogP contribution in [0.3, 0.4) is 0 Å². The van der Waals surface area contributed by atoms with Gasteiger partial charge in [-0.05, 0) is 55.5 Å². The number of nitrogens with zero attached hydrogens (tertiary/aromatic N) is 4. The number of carbonyl (C=O) groups is 1. The molecule has 11 heteroatoms. The molecule has 2 unspecified atom stereocenters. The monoisotopic (exact) mass is 535 g/mol. The van der Waals surface area contributed by atoms with Gasteiger partial charge in [0.15, 0.2) is 17.3 Å². The summed E-state index contributed by atoms with van der Waals surface area (Å²) in [5.74, 6) is -3.16. The van der Waals surface area contributed by atoms with E-state index < -0.39 is 41.7 Å². The summed E-state index contributed by atoms with van der Waals surface area (Å²) in [6.07, 6.45) is 2.38. The van der Waals surface area contributed by atoms with Gasteiger partial charge >= 0.3 is 11.8 Å². The molecule has 3 aromatic heterocycles. The van der Waals surface area contributed by atoms with Crippen LogP contribution in [0.5, 0.6) is 0 Å². The number of amides is 1. The number of nitrogens with one attached hydrogen (secondary N) is 1. The number of piperidine rings is 1. The second kappa shape index (κ2) is 9.88. The molecule has 1 aliphatic carbocycles. The van der Waals surface area contributed by atoms with Crippen LogP contribution in [0.4, 0.5) is 13.6 Å². The van der Waals surface area contributed by atoms with Crippen molar-refractivity contribution in [1.29, 1.82) is 0 Å². The predicted molar refractivity (Wildman–Crippen MR) is 137 cm³/mol. The van der Waals surface area contributed by atoms with Crippen molar-refractivity contribution in [2.75, 3.05) is 6.54 Å². The zero-order valence-corrected chi connectivity index (χ0v) is 20.9. The molecule has 39 heavy (non-hydrogen) atoms. The summed E-state index contributed by atoms with van der Waals surface area (Å²) >= 11 is 0. The molecule has 0 bridgehead atoms. The number of aromatic amines is 1. The molecule has 202 valence electrons. The fraction of sp³-hybridized carbons (Fsp3) is 0.357. The average Bonchev–Trinajstić information content (AvgIpc) is 3.20. The summed E-state index contributed by atoms with van der Waals surface area (Å²) in [5, 5.41) is 21.5. The van der Waals surface area contributed by atoms with Crippen molar-refractivity contribution in [3.8, 4) is 0 Å². The van der Waals surface area contributed by atoms with Crippen molar-refractivity contribution >= 4 is 17.3 Å². The van der Waals surface area contributed by atoms with Crippen molar-refractivity contribution in [2.24, 2.45) is 0 Å². The molecule has 1 saturated heterocycles. The Hall–Kier alpha value is -4.12. The van der Waals surface area contributed by atoms with E-state index in [0.29, 0.717) is 41.7 Å². The van der Waals surface area contributed by atoms with E-state index in [1.54, 1.807) is 41.2 Å². The maximum Gasteiger partial charge on any atom is 0.407 e. The van der Waals surface area contributed by atoms with Gasteiger partial charge in [0.25, 0.3) is 0 Å². The van der Waals surface area contributed by atoms with Crippen molar-refractivity contribution in [1.82, 2.24) is 24.4 Å². The van der Waals surface area contributed by atoms with Crippen LogP contribution in [-0.4, -0.2) is 53.3 Å². The third kappa shape index (κ3) is 4.26. The number of fused-ring (bicyclic) bond motifs is 2. The lowest BCUT2D eigenvalue weighted by molar-refractivity contribution is 0.0776. The lowest BCUT2D eigenvalue weighted by Gasteiger charge is -2.42. The van der Waals surface area contributed by atoms with Crippen LogP contribution in [0.25, 0.3) is 11.2 Å². The van der Waals surface area contributed by atoms with Gasteiger partial charge < -0.3 is 15.1 Å². The highest BCUT2D eigenvalue weighted by Gasteiger charge is 2.43. The molecule has 5 atom stereocenters. The number of benzene rings is 1. The first kappa shape index (κ1) is 25.2. The number of H-pyrrole nitrogens is 1. The van der Waals surface area contributed by atoms with Crippen LogP contribution < -0.4 is 5.69 Å². The third-order valence-corrected chi connectivity index (χ3v) is 8.27. The smallest absolute Gasteiger partial charge is 0.407 e. The van der Waals surface area contributed by atoms with E-state index in [0.717, 1.165) is 6.07 Å². The van der Waals surface area contributed by atoms with Gasteiger partial charge in [0.05, 0.1) is 17.3 Å². The van der Waals surface area contributed by atoms with Crippen LogP contribution in [-0.2, 0) is 0 Å². The van der Waals surface area contributed by atoms with Crippen molar-refractivity contribution in [3.63, 3.8) is 0 Å². The van der Waals surface area contributed by atoms with Crippen molar-refractivity contribution in [3.05, 3.63) is 93.8 Å². The molecule has 1 amide bonds. The van der Waals surface area contributed by atoms with Crippen LogP contribution in [0.2, 0.25) is 0 Å². The van der Waals surface area contributed by atoms with Crippen LogP contribution >= 0.6 is 0 Å². The Balaban J connectivity index is 1.41. The zero-order valence-electron chi connectivity index (χ0n) is 20.9. The first-order valence-electron chi connectivity index (χ1n) is 13.0. The molecular weight excluding hydrogens is 508 g/mol. The van der Waals surface area contributed by atoms with Gasteiger partial charge in [0.1, 0.15) is 0 Å². The maximum atomic E-state index is 14.8. The summed E-state index contributed by atoms with van der Waals surface area (Å²) in [5.41, 5.74) is 1.87. The number of rotatable bonds is 3. The Labute approximate surface area is 221 Å². The number of hydrogen-bond acceptors (Lipinski definition) is 5. The number of carboxylic acid groups (broad SMARTS) is 1. The average molecular weight is 536 g/mol. The van der Waals surface area contributed by atoms with Crippen molar-refractivity contribution < 1.29 is 23.8 Å². The molecule has 2 aliphatic rings. The van der Waals surface area contributed by atoms with Crippen molar-refractivity contribution in [2.45, 2.75) is 55.7 Å². The predicted octanol–water partition coefficient (Wildman–Crippen LogP) is 4.48. The van der Waals surface area contributed by atoms with Gasteiger partial charge in [0.2, 0.25) is 0 Å². The van der Waals surface area contributed by atoms with E-state index in [9.17, 15) is 28.6 Å². The Kier molecular flexibility index (Phi) is 6.38. The molecule has 0 spiro atoms. The summed E-state index contributed by atoms with van der Waals surface area (Å²) in [6, 6.07) is 9.98. The highest BCUT2D eigenvalue weighted by Crippen LogP contribution is 2.47.